The third kappa shape index (κ3) is 3.93. The van der Waals surface area contributed by atoms with Gasteiger partial charge in [0.1, 0.15) is 24.8 Å². The summed E-state index contributed by atoms with van der Waals surface area (Å²) in [4.78, 5) is 0. The summed E-state index contributed by atoms with van der Waals surface area (Å²) in [5, 5.41) is 0. The van der Waals surface area contributed by atoms with Crippen LogP contribution < -0.4 is 15.2 Å². The van der Waals surface area contributed by atoms with Crippen LogP contribution >= 0.6 is 0 Å². The molecule has 2 rings (SSSR count). The van der Waals surface area contributed by atoms with E-state index >= 15 is 0 Å². The van der Waals surface area contributed by atoms with E-state index in [-0.39, 0.29) is 19.0 Å². The molecule has 0 aliphatic carbocycles. The smallest absolute Gasteiger partial charge is 0.167 e. The first-order chi connectivity index (χ1) is 9.69. The number of hydrogen-bond acceptors (Lipinski definition) is 3. The largest absolute Gasteiger partial charge is 0.490 e. The normalized spacial score (nSPS) is 10.3. The van der Waals surface area contributed by atoms with E-state index in [9.17, 15) is 8.78 Å². The molecule has 2 aromatic carbocycles. The predicted octanol–water partition coefficient (Wildman–Crippen LogP) is 2.88. The molecule has 0 aromatic heterocycles. The molecule has 0 aliphatic rings. The van der Waals surface area contributed by atoms with Crippen molar-refractivity contribution in [1.82, 2.24) is 0 Å². The van der Waals surface area contributed by atoms with Gasteiger partial charge in [-0.2, -0.15) is 0 Å². The van der Waals surface area contributed by atoms with Gasteiger partial charge in [-0.15, -0.1) is 0 Å². The quantitative estimate of drug-likeness (QED) is 0.827. The Hall–Kier alpha value is -2.14. The van der Waals surface area contributed by atoms with Gasteiger partial charge in [-0.25, -0.2) is 8.78 Å². The number of nitrogens with two attached hydrogens (primary N) is 1. The van der Waals surface area contributed by atoms with E-state index in [4.69, 9.17) is 15.2 Å². The van der Waals surface area contributed by atoms with Gasteiger partial charge in [0.25, 0.3) is 0 Å². The molecule has 0 spiro atoms. The molecule has 0 saturated heterocycles. The SMILES string of the molecule is NCc1ccc(OCCOc2ccc(F)cc2F)cc1. The van der Waals surface area contributed by atoms with Crippen molar-refractivity contribution >= 4 is 0 Å². The number of rotatable bonds is 6. The highest BCUT2D eigenvalue weighted by Crippen LogP contribution is 2.17. The van der Waals surface area contributed by atoms with Crippen molar-refractivity contribution in [2.45, 2.75) is 6.54 Å². The van der Waals surface area contributed by atoms with Crippen molar-refractivity contribution in [1.29, 1.82) is 0 Å². The second-order valence-electron chi connectivity index (χ2n) is 4.12. The molecule has 0 aliphatic heterocycles. The van der Waals surface area contributed by atoms with E-state index in [1.807, 2.05) is 12.1 Å². The molecule has 5 heteroatoms. The molecule has 0 radical (unpaired) electrons. The summed E-state index contributed by atoms with van der Waals surface area (Å²) in [5.74, 6) is -0.665. The lowest BCUT2D eigenvalue weighted by molar-refractivity contribution is 0.211. The number of hydrogen-bond donors (Lipinski definition) is 1. The molecule has 20 heavy (non-hydrogen) atoms. The zero-order chi connectivity index (χ0) is 14.4. The molecular formula is C15H15F2NO2. The van der Waals surface area contributed by atoms with Gasteiger partial charge >= 0.3 is 0 Å². The van der Waals surface area contributed by atoms with Gasteiger partial charge < -0.3 is 15.2 Å². The fourth-order valence-corrected chi connectivity index (χ4v) is 1.63. The van der Waals surface area contributed by atoms with Crippen LogP contribution in [0.3, 0.4) is 0 Å². The molecule has 106 valence electrons. The summed E-state index contributed by atoms with van der Waals surface area (Å²) in [6, 6.07) is 10.5. The summed E-state index contributed by atoms with van der Waals surface area (Å²) in [5.41, 5.74) is 6.50. The maximum Gasteiger partial charge on any atom is 0.167 e. The average Bonchev–Trinajstić information content (AvgIpc) is 2.46. The minimum atomic E-state index is -0.725. The van der Waals surface area contributed by atoms with Gasteiger partial charge in [0, 0.05) is 12.6 Å². The highest BCUT2D eigenvalue weighted by atomic mass is 19.1. The Balaban J connectivity index is 1.78. The average molecular weight is 279 g/mol. The monoisotopic (exact) mass is 279 g/mol. The predicted molar refractivity (Wildman–Crippen MR) is 71.7 cm³/mol. The lowest BCUT2D eigenvalue weighted by Gasteiger charge is -2.09. The topological polar surface area (TPSA) is 44.5 Å². The minimum absolute atomic E-state index is 0.00785. The molecule has 0 amide bonds. The molecule has 0 saturated carbocycles. The van der Waals surface area contributed by atoms with Gasteiger partial charge in [-0.05, 0) is 29.8 Å². The van der Waals surface area contributed by atoms with E-state index in [0.29, 0.717) is 12.3 Å². The second kappa shape index (κ2) is 6.86. The van der Waals surface area contributed by atoms with E-state index in [1.165, 1.54) is 6.07 Å². The van der Waals surface area contributed by atoms with Crippen molar-refractivity contribution in [3.63, 3.8) is 0 Å². The van der Waals surface area contributed by atoms with Crippen LogP contribution in [0.1, 0.15) is 5.56 Å². The first-order valence-corrected chi connectivity index (χ1v) is 6.18. The Morgan fingerprint density at radius 1 is 0.900 bits per heavy atom. The van der Waals surface area contributed by atoms with Crippen molar-refractivity contribution in [2.75, 3.05) is 13.2 Å². The van der Waals surface area contributed by atoms with Gasteiger partial charge in [0.05, 0.1) is 0 Å². The zero-order valence-electron chi connectivity index (χ0n) is 10.8. The van der Waals surface area contributed by atoms with Crippen molar-refractivity contribution in [2.24, 2.45) is 5.73 Å². The minimum Gasteiger partial charge on any atom is -0.490 e. The summed E-state index contributed by atoms with van der Waals surface area (Å²) in [7, 11) is 0. The second-order valence-corrected chi connectivity index (χ2v) is 4.12. The van der Waals surface area contributed by atoms with Crippen LogP contribution in [0.25, 0.3) is 0 Å². The fraction of sp³-hybridized carbons (Fsp3) is 0.200. The van der Waals surface area contributed by atoms with Crippen molar-refractivity contribution in [3.8, 4) is 11.5 Å². The van der Waals surface area contributed by atoms with Crippen LogP contribution in [0.5, 0.6) is 11.5 Å². The molecule has 0 fully saturated rings. The van der Waals surface area contributed by atoms with Gasteiger partial charge in [0.15, 0.2) is 11.6 Å². The molecule has 0 heterocycles. The summed E-state index contributed by atoms with van der Waals surface area (Å²) in [6.45, 7) is 0.910. The summed E-state index contributed by atoms with van der Waals surface area (Å²) >= 11 is 0. The van der Waals surface area contributed by atoms with Crippen LogP contribution in [0.15, 0.2) is 42.5 Å². The highest BCUT2D eigenvalue weighted by Gasteiger charge is 2.04. The lowest BCUT2D eigenvalue weighted by atomic mass is 10.2. The van der Waals surface area contributed by atoms with Crippen LogP contribution in [0, 0.1) is 11.6 Å². The fourth-order valence-electron chi connectivity index (χ4n) is 1.63. The molecular weight excluding hydrogens is 264 g/mol. The number of halogens is 2. The molecule has 3 nitrogen and oxygen atoms in total. The first-order valence-electron chi connectivity index (χ1n) is 6.18. The number of benzene rings is 2. The summed E-state index contributed by atoms with van der Waals surface area (Å²) in [6.07, 6.45) is 0. The van der Waals surface area contributed by atoms with E-state index in [2.05, 4.69) is 0 Å². The Kier molecular flexibility index (Phi) is 4.90. The first kappa shape index (κ1) is 14.3. The summed E-state index contributed by atoms with van der Waals surface area (Å²) < 4.78 is 36.6. The Morgan fingerprint density at radius 2 is 1.60 bits per heavy atom. The third-order valence-electron chi connectivity index (χ3n) is 2.66. The maximum atomic E-state index is 13.3. The zero-order valence-corrected chi connectivity index (χ0v) is 10.8. The van der Waals surface area contributed by atoms with Crippen molar-refractivity contribution in [3.05, 3.63) is 59.7 Å². The Labute approximate surface area is 115 Å². The lowest BCUT2D eigenvalue weighted by Crippen LogP contribution is -2.10. The molecule has 2 aromatic rings. The number of ether oxygens (including phenoxy) is 2. The van der Waals surface area contributed by atoms with Crippen LogP contribution in [-0.4, -0.2) is 13.2 Å². The van der Waals surface area contributed by atoms with Crippen LogP contribution in [0.2, 0.25) is 0 Å². The van der Waals surface area contributed by atoms with E-state index in [1.54, 1.807) is 12.1 Å². The standard InChI is InChI=1S/C15H15F2NO2/c16-12-3-6-15(14(17)9-12)20-8-7-19-13-4-1-11(10-18)2-5-13/h1-6,9H,7-8,10,18H2. The van der Waals surface area contributed by atoms with Gasteiger partial charge in [-0.1, -0.05) is 12.1 Å². The molecule has 2 N–H and O–H groups in total. The van der Waals surface area contributed by atoms with Crippen LogP contribution in [0.4, 0.5) is 8.78 Å². The van der Waals surface area contributed by atoms with E-state index in [0.717, 1.165) is 17.7 Å². The highest BCUT2D eigenvalue weighted by molar-refractivity contribution is 5.27. The molecule has 0 bridgehead atoms. The van der Waals surface area contributed by atoms with Crippen molar-refractivity contribution < 1.29 is 18.3 Å². The maximum absolute atomic E-state index is 13.3. The molecule has 0 atom stereocenters. The van der Waals surface area contributed by atoms with Gasteiger partial charge in [-0.3, -0.25) is 0 Å². The van der Waals surface area contributed by atoms with E-state index < -0.39 is 11.6 Å². The van der Waals surface area contributed by atoms with Gasteiger partial charge in [0.2, 0.25) is 0 Å². The molecule has 0 unspecified atom stereocenters. The van der Waals surface area contributed by atoms with Crippen LogP contribution in [-0.2, 0) is 6.54 Å². The Bertz CT molecular complexity index is 558. The Morgan fingerprint density at radius 3 is 2.25 bits per heavy atom. The third-order valence-corrected chi connectivity index (χ3v) is 2.66.